The number of hydrogen-bond acceptors (Lipinski definition) is 4. The van der Waals surface area contributed by atoms with E-state index >= 15 is 0 Å². The molecule has 0 saturated heterocycles. The quantitative estimate of drug-likeness (QED) is 0.580. The molecule has 3 aromatic carbocycles. The number of ether oxygens (including phenoxy) is 1. The molecule has 0 saturated carbocycles. The number of halogens is 1. The fourth-order valence-corrected chi connectivity index (χ4v) is 4.69. The predicted octanol–water partition coefficient (Wildman–Crippen LogP) is 4.57. The predicted molar refractivity (Wildman–Crippen MR) is 126 cm³/mol. The van der Waals surface area contributed by atoms with Crippen LogP contribution in [-0.4, -0.2) is 41.7 Å². The van der Waals surface area contributed by atoms with Gasteiger partial charge >= 0.3 is 0 Å². The maximum absolute atomic E-state index is 13.5. The normalized spacial score (nSPS) is 18.1. The Morgan fingerprint density at radius 2 is 1.76 bits per heavy atom. The van der Waals surface area contributed by atoms with Crippen LogP contribution in [0.3, 0.4) is 0 Å². The fourth-order valence-electron chi connectivity index (χ4n) is 4.69. The zero-order chi connectivity index (χ0) is 22.8. The molecule has 0 spiro atoms. The second kappa shape index (κ2) is 9.16. The molecule has 0 fully saturated rings. The molecule has 1 unspecified atom stereocenters. The van der Waals surface area contributed by atoms with Crippen molar-refractivity contribution >= 4 is 11.6 Å². The summed E-state index contributed by atoms with van der Waals surface area (Å²) in [6.07, 6.45) is 1.48. The molecular formula is C27H26FN3O2. The van der Waals surface area contributed by atoms with Gasteiger partial charge < -0.3 is 4.74 Å². The van der Waals surface area contributed by atoms with Gasteiger partial charge in [0.1, 0.15) is 11.6 Å². The number of benzene rings is 3. The SMILES string of the molecule is COc1ccccc1C1CC(c2ccc(F)cc2)=NN1C(=O)CN1CCc2ccccc2C1. The van der Waals surface area contributed by atoms with Gasteiger partial charge in [-0.05, 0) is 41.3 Å². The zero-order valence-corrected chi connectivity index (χ0v) is 18.6. The standard InChI is InChI=1S/C27H26FN3O2/c1-33-26-9-5-4-8-23(26)25-16-24(20-10-12-22(28)13-11-20)29-31(25)27(32)18-30-15-14-19-6-2-3-7-21(19)17-30/h2-13,25H,14-18H2,1H3. The minimum atomic E-state index is -0.295. The van der Waals surface area contributed by atoms with Gasteiger partial charge in [-0.1, -0.05) is 54.6 Å². The lowest BCUT2D eigenvalue weighted by molar-refractivity contribution is -0.134. The monoisotopic (exact) mass is 443 g/mol. The topological polar surface area (TPSA) is 45.1 Å². The van der Waals surface area contributed by atoms with E-state index in [2.05, 4.69) is 23.1 Å². The molecule has 2 aliphatic rings. The molecule has 2 aliphatic heterocycles. The van der Waals surface area contributed by atoms with Gasteiger partial charge in [-0.15, -0.1) is 0 Å². The van der Waals surface area contributed by atoms with Gasteiger partial charge in [0.2, 0.25) is 0 Å². The first-order valence-corrected chi connectivity index (χ1v) is 11.2. The minimum Gasteiger partial charge on any atom is -0.496 e. The number of nitrogens with zero attached hydrogens (tertiary/aromatic N) is 3. The van der Waals surface area contributed by atoms with E-state index in [0.29, 0.717) is 13.0 Å². The van der Waals surface area contributed by atoms with Gasteiger partial charge in [-0.3, -0.25) is 9.69 Å². The van der Waals surface area contributed by atoms with E-state index in [0.717, 1.165) is 42.1 Å². The van der Waals surface area contributed by atoms with Gasteiger partial charge in [-0.25, -0.2) is 9.40 Å². The molecule has 0 aromatic heterocycles. The third-order valence-corrected chi connectivity index (χ3v) is 6.41. The number of hydrazone groups is 1. The Labute approximate surface area is 193 Å². The summed E-state index contributed by atoms with van der Waals surface area (Å²) in [5.74, 6) is 0.377. The molecule has 6 heteroatoms. The van der Waals surface area contributed by atoms with Gasteiger partial charge in [0.05, 0.1) is 25.4 Å². The number of fused-ring (bicyclic) bond motifs is 1. The third kappa shape index (κ3) is 4.39. The second-order valence-corrected chi connectivity index (χ2v) is 8.48. The van der Waals surface area contributed by atoms with Crippen molar-refractivity contribution in [2.24, 2.45) is 5.10 Å². The molecule has 5 rings (SSSR count). The van der Waals surface area contributed by atoms with E-state index < -0.39 is 0 Å². The van der Waals surface area contributed by atoms with Crippen LogP contribution >= 0.6 is 0 Å². The Bertz CT molecular complexity index is 1190. The van der Waals surface area contributed by atoms with Crippen LogP contribution in [0, 0.1) is 5.82 Å². The molecule has 168 valence electrons. The van der Waals surface area contributed by atoms with Gasteiger partial charge in [-0.2, -0.15) is 5.10 Å². The molecule has 0 aliphatic carbocycles. The number of methoxy groups -OCH3 is 1. The van der Waals surface area contributed by atoms with Crippen molar-refractivity contribution in [3.05, 3.63) is 101 Å². The number of carbonyl (C=O) groups is 1. The van der Waals surface area contributed by atoms with Crippen molar-refractivity contribution < 1.29 is 13.9 Å². The van der Waals surface area contributed by atoms with Crippen LogP contribution in [-0.2, 0) is 17.8 Å². The van der Waals surface area contributed by atoms with E-state index in [1.54, 1.807) is 24.3 Å². The van der Waals surface area contributed by atoms with E-state index in [-0.39, 0.29) is 17.8 Å². The lowest BCUT2D eigenvalue weighted by Gasteiger charge is -2.30. The van der Waals surface area contributed by atoms with Gasteiger partial charge in [0.15, 0.2) is 0 Å². The second-order valence-electron chi connectivity index (χ2n) is 8.48. The smallest absolute Gasteiger partial charge is 0.257 e. The molecule has 0 radical (unpaired) electrons. The van der Waals surface area contributed by atoms with Gasteiger partial charge in [0, 0.05) is 25.1 Å². The van der Waals surface area contributed by atoms with Crippen LogP contribution in [0.15, 0.2) is 77.9 Å². The Morgan fingerprint density at radius 1 is 1.03 bits per heavy atom. The van der Waals surface area contributed by atoms with E-state index in [9.17, 15) is 9.18 Å². The Kier molecular flexibility index (Phi) is 5.92. The van der Waals surface area contributed by atoms with Crippen LogP contribution < -0.4 is 4.74 Å². The Hall–Kier alpha value is -3.51. The number of rotatable bonds is 5. The van der Waals surface area contributed by atoms with E-state index in [1.807, 2.05) is 30.3 Å². The lowest BCUT2D eigenvalue weighted by atomic mass is 9.97. The fraction of sp³-hybridized carbons (Fsp3) is 0.259. The van der Waals surface area contributed by atoms with Crippen LogP contribution in [0.4, 0.5) is 4.39 Å². The summed E-state index contributed by atoms with van der Waals surface area (Å²) >= 11 is 0. The molecule has 2 heterocycles. The molecule has 0 bridgehead atoms. The first-order valence-electron chi connectivity index (χ1n) is 11.2. The highest BCUT2D eigenvalue weighted by atomic mass is 19.1. The highest BCUT2D eigenvalue weighted by molar-refractivity contribution is 6.03. The van der Waals surface area contributed by atoms with E-state index in [1.165, 1.54) is 23.3 Å². The molecule has 33 heavy (non-hydrogen) atoms. The largest absolute Gasteiger partial charge is 0.496 e. The summed E-state index contributed by atoms with van der Waals surface area (Å²) in [5.41, 5.74) is 5.13. The van der Waals surface area contributed by atoms with Crippen LogP contribution in [0.5, 0.6) is 5.75 Å². The summed E-state index contributed by atoms with van der Waals surface area (Å²) in [6.45, 7) is 1.88. The zero-order valence-electron chi connectivity index (χ0n) is 18.6. The number of para-hydroxylation sites is 1. The lowest BCUT2D eigenvalue weighted by Crippen LogP contribution is -2.40. The molecular weight excluding hydrogens is 417 g/mol. The third-order valence-electron chi connectivity index (χ3n) is 6.41. The highest BCUT2D eigenvalue weighted by Gasteiger charge is 2.35. The maximum atomic E-state index is 13.5. The first kappa shape index (κ1) is 21.3. The van der Waals surface area contributed by atoms with Crippen molar-refractivity contribution in [3.8, 4) is 5.75 Å². The Morgan fingerprint density at radius 3 is 2.55 bits per heavy atom. The first-order chi connectivity index (χ1) is 16.1. The van der Waals surface area contributed by atoms with Gasteiger partial charge in [0.25, 0.3) is 5.91 Å². The molecule has 0 N–H and O–H groups in total. The average Bonchev–Trinajstić information content (AvgIpc) is 3.30. The van der Waals surface area contributed by atoms with E-state index in [4.69, 9.17) is 9.84 Å². The molecule has 5 nitrogen and oxygen atoms in total. The van der Waals surface area contributed by atoms with Crippen molar-refractivity contribution in [2.75, 3.05) is 20.2 Å². The number of carbonyl (C=O) groups excluding carboxylic acids is 1. The Balaban J connectivity index is 1.42. The van der Waals surface area contributed by atoms with Crippen molar-refractivity contribution in [3.63, 3.8) is 0 Å². The summed E-state index contributed by atoms with van der Waals surface area (Å²) in [6, 6.07) is 22.1. The van der Waals surface area contributed by atoms with Crippen LogP contribution in [0.2, 0.25) is 0 Å². The van der Waals surface area contributed by atoms with Crippen molar-refractivity contribution in [2.45, 2.75) is 25.4 Å². The number of amides is 1. The van der Waals surface area contributed by atoms with Crippen LogP contribution in [0.25, 0.3) is 0 Å². The van der Waals surface area contributed by atoms with Crippen molar-refractivity contribution in [1.29, 1.82) is 0 Å². The molecule has 3 aromatic rings. The molecule has 1 atom stereocenters. The summed E-state index contributed by atoms with van der Waals surface area (Å²) in [4.78, 5) is 15.7. The molecule has 1 amide bonds. The summed E-state index contributed by atoms with van der Waals surface area (Å²) in [5, 5.41) is 6.32. The summed E-state index contributed by atoms with van der Waals surface area (Å²) in [7, 11) is 1.63. The summed E-state index contributed by atoms with van der Waals surface area (Å²) < 4.78 is 19.0. The highest BCUT2D eigenvalue weighted by Crippen LogP contribution is 2.37. The minimum absolute atomic E-state index is 0.0533. The van der Waals surface area contributed by atoms with Crippen LogP contribution in [0.1, 0.15) is 34.7 Å². The average molecular weight is 444 g/mol. The maximum Gasteiger partial charge on any atom is 0.257 e. The number of hydrogen-bond donors (Lipinski definition) is 0. The van der Waals surface area contributed by atoms with Crippen molar-refractivity contribution in [1.82, 2.24) is 9.91 Å².